The average Bonchev–Trinajstić information content (AvgIpc) is 2.64. The second-order valence-electron chi connectivity index (χ2n) is 7.53. The van der Waals surface area contributed by atoms with Crippen molar-refractivity contribution in [1.29, 1.82) is 0 Å². The molecule has 1 aliphatic rings. The Morgan fingerprint density at radius 1 is 0.750 bits per heavy atom. The van der Waals surface area contributed by atoms with E-state index < -0.39 is 8.60 Å². The molecule has 0 spiro atoms. The molecule has 1 heterocycles. The first-order valence-corrected chi connectivity index (χ1v) is 10.6. The van der Waals surface area contributed by atoms with Crippen molar-refractivity contribution in [2.75, 3.05) is 0 Å². The van der Waals surface area contributed by atoms with Crippen LogP contribution in [0.1, 0.15) is 46.2 Å². The smallest absolute Gasteiger partial charge is 0.409 e. The van der Waals surface area contributed by atoms with E-state index in [0.29, 0.717) is 0 Å². The highest BCUT2D eigenvalue weighted by atomic mass is 31.2. The van der Waals surface area contributed by atoms with E-state index in [2.05, 4.69) is 58.9 Å². The van der Waals surface area contributed by atoms with Gasteiger partial charge in [0, 0.05) is 17.0 Å². The lowest BCUT2D eigenvalue weighted by molar-refractivity contribution is 0.376. The van der Waals surface area contributed by atoms with E-state index >= 15 is 0 Å². The lowest BCUT2D eigenvalue weighted by atomic mass is 9.87. The van der Waals surface area contributed by atoms with Crippen molar-refractivity contribution in [2.24, 2.45) is 0 Å². The van der Waals surface area contributed by atoms with Crippen molar-refractivity contribution in [1.82, 2.24) is 0 Å². The fraction of sp³-hybridized carbons (Fsp3) is 0.250. The number of benzene rings is 3. The zero-order valence-corrected chi connectivity index (χ0v) is 17.8. The van der Waals surface area contributed by atoms with Gasteiger partial charge in [-0.25, -0.2) is 0 Å². The third kappa shape index (κ3) is 3.59. The molecule has 4 rings (SSSR count). The number of rotatable bonds is 2. The van der Waals surface area contributed by atoms with Crippen LogP contribution in [0.3, 0.4) is 0 Å². The molecule has 28 heavy (non-hydrogen) atoms. The molecule has 4 heteroatoms. The molecule has 0 N–H and O–H groups in total. The van der Waals surface area contributed by atoms with E-state index in [-0.39, 0.29) is 5.92 Å². The van der Waals surface area contributed by atoms with Gasteiger partial charge in [0.2, 0.25) is 0 Å². The summed E-state index contributed by atoms with van der Waals surface area (Å²) in [5.74, 6) is 2.63. The molecule has 0 radical (unpaired) electrons. The summed E-state index contributed by atoms with van der Waals surface area (Å²) in [6.07, 6.45) is 0. The van der Waals surface area contributed by atoms with Gasteiger partial charge in [-0.3, -0.25) is 0 Å². The molecule has 1 aliphatic heterocycles. The predicted octanol–water partition coefficient (Wildman–Crippen LogP) is 7.15. The Hall–Kier alpha value is -2.51. The topological polar surface area (TPSA) is 27.7 Å². The Kier molecular flexibility index (Phi) is 5.03. The molecule has 0 saturated heterocycles. The third-order valence-electron chi connectivity index (χ3n) is 5.08. The fourth-order valence-electron chi connectivity index (χ4n) is 3.81. The normalized spacial score (nSPS) is 18.0. The van der Waals surface area contributed by atoms with Gasteiger partial charge in [0.1, 0.15) is 17.2 Å². The van der Waals surface area contributed by atoms with Crippen LogP contribution in [0.15, 0.2) is 54.6 Å². The number of para-hydroxylation sites is 1. The summed E-state index contributed by atoms with van der Waals surface area (Å²) in [7, 11) is -1.64. The molecule has 0 saturated carbocycles. The van der Waals surface area contributed by atoms with Crippen LogP contribution in [-0.4, -0.2) is 0 Å². The quantitative estimate of drug-likeness (QED) is 0.434. The van der Waals surface area contributed by atoms with Crippen LogP contribution < -0.4 is 13.6 Å². The van der Waals surface area contributed by atoms with Gasteiger partial charge in [-0.15, -0.1) is 0 Å². The van der Waals surface area contributed by atoms with Crippen LogP contribution in [-0.2, 0) is 0 Å². The summed E-state index contributed by atoms with van der Waals surface area (Å²) in [5, 5.41) is 0. The van der Waals surface area contributed by atoms with E-state index in [0.717, 1.165) is 28.4 Å². The van der Waals surface area contributed by atoms with Crippen molar-refractivity contribution in [3.05, 3.63) is 88.0 Å². The van der Waals surface area contributed by atoms with Crippen molar-refractivity contribution in [2.45, 2.75) is 40.5 Å². The lowest BCUT2D eigenvalue weighted by Crippen LogP contribution is -2.13. The van der Waals surface area contributed by atoms with E-state index in [4.69, 9.17) is 13.6 Å². The van der Waals surface area contributed by atoms with Crippen LogP contribution in [0, 0.1) is 27.7 Å². The third-order valence-corrected chi connectivity index (χ3v) is 6.11. The van der Waals surface area contributed by atoms with Gasteiger partial charge in [-0.2, -0.15) is 0 Å². The Labute approximate surface area is 168 Å². The van der Waals surface area contributed by atoms with E-state index in [9.17, 15) is 0 Å². The van der Waals surface area contributed by atoms with Gasteiger partial charge in [0.05, 0.1) is 0 Å². The van der Waals surface area contributed by atoms with Crippen LogP contribution in [0.2, 0.25) is 0 Å². The highest BCUT2D eigenvalue weighted by molar-refractivity contribution is 7.43. The predicted molar refractivity (Wildman–Crippen MR) is 115 cm³/mol. The van der Waals surface area contributed by atoms with Crippen molar-refractivity contribution >= 4 is 8.60 Å². The summed E-state index contributed by atoms with van der Waals surface area (Å²) >= 11 is 0. The lowest BCUT2D eigenvalue weighted by Gasteiger charge is -2.29. The summed E-state index contributed by atoms with van der Waals surface area (Å²) in [5.41, 5.74) is 7.01. The minimum absolute atomic E-state index is 0.163. The molecular weight excluding hydrogens is 367 g/mol. The Morgan fingerprint density at radius 3 is 1.75 bits per heavy atom. The molecule has 3 aromatic rings. The minimum Gasteiger partial charge on any atom is -0.409 e. The molecule has 0 amide bonds. The monoisotopic (exact) mass is 392 g/mol. The summed E-state index contributed by atoms with van der Waals surface area (Å²) < 4.78 is 18.8. The van der Waals surface area contributed by atoms with Crippen LogP contribution in [0.5, 0.6) is 17.2 Å². The van der Waals surface area contributed by atoms with Gasteiger partial charge in [-0.05, 0) is 51.0 Å². The molecule has 0 atom stereocenters. The molecule has 3 aromatic carbocycles. The second kappa shape index (κ2) is 7.48. The maximum Gasteiger partial charge on any atom is 0.530 e. The van der Waals surface area contributed by atoms with Gasteiger partial charge in [-0.1, -0.05) is 60.5 Å². The molecule has 0 unspecified atom stereocenters. The van der Waals surface area contributed by atoms with Gasteiger partial charge >= 0.3 is 8.60 Å². The first-order valence-electron chi connectivity index (χ1n) is 9.53. The Bertz CT molecular complexity index is 953. The van der Waals surface area contributed by atoms with Crippen LogP contribution in [0.25, 0.3) is 0 Å². The Balaban J connectivity index is 1.87. The number of hydrogen-bond acceptors (Lipinski definition) is 3. The van der Waals surface area contributed by atoms with E-state index in [1.165, 1.54) is 22.3 Å². The maximum atomic E-state index is 6.36. The maximum absolute atomic E-state index is 6.36. The molecule has 0 bridgehead atoms. The zero-order valence-electron chi connectivity index (χ0n) is 16.9. The number of aryl methyl sites for hydroxylation is 4. The molecule has 0 aliphatic carbocycles. The van der Waals surface area contributed by atoms with Crippen LogP contribution in [0.4, 0.5) is 0 Å². The minimum atomic E-state index is -1.64. The van der Waals surface area contributed by atoms with Gasteiger partial charge in [0.25, 0.3) is 0 Å². The fourth-order valence-corrected chi connectivity index (χ4v) is 5.01. The number of fused-ring (bicyclic) bond motifs is 2. The first-order chi connectivity index (χ1) is 13.4. The molecular formula is C24H25O3P. The SMILES string of the molecule is Cc1cc(C)c2c(c1)C(C)c1cc(C)cc(C)c1OP(Oc1ccccc1)O2. The zero-order chi connectivity index (χ0) is 19.8. The van der Waals surface area contributed by atoms with Crippen molar-refractivity contribution in [3.8, 4) is 17.2 Å². The molecule has 0 fully saturated rings. The number of hydrogen-bond donors (Lipinski definition) is 0. The van der Waals surface area contributed by atoms with Crippen LogP contribution >= 0.6 is 8.60 Å². The van der Waals surface area contributed by atoms with E-state index in [1.807, 2.05) is 30.3 Å². The average molecular weight is 392 g/mol. The van der Waals surface area contributed by atoms with Gasteiger partial charge < -0.3 is 13.6 Å². The highest BCUT2D eigenvalue weighted by Gasteiger charge is 2.31. The van der Waals surface area contributed by atoms with Crippen molar-refractivity contribution in [3.63, 3.8) is 0 Å². The molecule has 0 aromatic heterocycles. The highest BCUT2D eigenvalue weighted by Crippen LogP contribution is 2.52. The molecule has 144 valence electrons. The van der Waals surface area contributed by atoms with Crippen molar-refractivity contribution < 1.29 is 13.6 Å². The molecule has 3 nitrogen and oxygen atoms in total. The Morgan fingerprint density at radius 2 is 1.25 bits per heavy atom. The second-order valence-corrected chi connectivity index (χ2v) is 8.53. The van der Waals surface area contributed by atoms with E-state index in [1.54, 1.807) is 0 Å². The largest absolute Gasteiger partial charge is 0.530 e. The summed E-state index contributed by atoms with van der Waals surface area (Å²) in [6.45, 7) is 10.6. The summed E-state index contributed by atoms with van der Waals surface area (Å²) in [4.78, 5) is 0. The van der Waals surface area contributed by atoms with Gasteiger partial charge in [0.15, 0.2) is 0 Å². The standard InChI is InChI=1S/C24H25O3P/c1-15-11-17(3)23-21(13-15)19(5)22-14-16(2)12-18(4)24(22)27-28(26-23)25-20-9-7-6-8-10-20/h6-14,19H,1-5H3. The summed E-state index contributed by atoms with van der Waals surface area (Å²) in [6, 6.07) is 18.4. The first kappa shape index (κ1) is 18.8.